The highest BCUT2D eigenvalue weighted by atomic mass is 19.3. The molecule has 20 heavy (non-hydrogen) atoms. The van der Waals surface area contributed by atoms with Crippen LogP contribution in [0.2, 0.25) is 0 Å². The van der Waals surface area contributed by atoms with E-state index in [0.717, 1.165) is 13.0 Å². The van der Waals surface area contributed by atoms with Crippen LogP contribution in [0.1, 0.15) is 22.8 Å². The van der Waals surface area contributed by atoms with Gasteiger partial charge in [0.15, 0.2) is 5.78 Å². The summed E-state index contributed by atoms with van der Waals surface area (Å²) < 4.78 is 46.6. The average molecular weight is 289 g/mol. The fourth-order valence-electron chi connectivity index (χ4n) is 1.61. The monoisotopic (exact) mass is 289 g/mol. The highest BCUT2D eigenvalue weighted by Gasteiger charge is 2.36. The molecule has 0 saturated heterocycles. The van der Waals surface area contributed by atoms with E-state index in [1.54, 1.807) is 19.0 Å². The maximum Gasteiger partial charge on any atom is 0.298 e. The zero-order valence-corrected chi connectivity index (χ0v) is 11.8. The van der Waals surface area contributed by atoms with Crippen molar-refractivity contribution >= 4 is 5.78 Å². The number of hydrogen-bond acceptors (Lipinski definition) is 3. The van der Waals surface area contributed by atoms with Crippen LogP contribution in [0.3, 0.4) is 0 Å². The van der Waals surface area contributed by atoms with Gasteiger partial charge in [-0.05, 0) is 33.2 Å². The number of carbonyl (C=O) groups excluding carboxylic acids is 1. The van der Waals surface area contributed by atoms with Gasteiger partial charge in [0.25, 0.3) is 5.92 Å². The van der Waals surface area contributed by atoms with Gasteiger partial charge in [-0.1, -0.05) is 6.07 Å². The summed E-state index contributed by atoms with van der Waals surface area (Å²) >= 11 is 0. The highest BCUT2D eigenvalue weighted by Crippen LogP contribution is 2.31. The van der Waals surface area contributed by atoms with Gasteiger partial charge in [-0.25, -0.2) is 4.39 Å². The molecule has 0 radical (unpaired) electrons. The van der Waals surface area contributed by atoms with Crippen LogP contribution in [-0.4, -0.2) is 44.5 Å². The SMILES string of the molecule is CC(=O)c1cccc(C(F)(F)COCCN(C)C)c1F. The van der Waals surface area contributed by atoms with E-state index >= 15 is 0 Å². The molecule has 0 unspecified atom stereocenters. The fourth-order valence-corrected chi connectivity index (χ4v) is 1.61. The van der Waals surface area contributed by atoms with Crippen LogP contribution in [0, 0.1) is 5.82 Å². The third-order valence-corrected chi connectivity index (χ3v) is 2.74. The molecule has 0 saturated carbocycles. The Bertz CT molecular complexity index is 475. The smallest absolute Gasteiger partial charge is 0.298 e. The van der Waals surface area contributed by atoms with Crippen molar-refractivity contribution in [3.05, 3.63) is 35.1 Å². The first-order valence-electron chi connectivity index (χ1n) is 6.16. The van der Waals surface area contributed by atoms with Gasteiger partial charge in [0.1, 0.15) is 12.4 Å². The van der Waals surface area contributed by atoms with Crippen molar-refractivity contribution in [3.63, 3.8) is 0 Å². The molecule has 1 aromatic rings. The average Bonchev–Trinajstić information content (AvgIpc) is 2.34. The van der Waals surface area contributed by atoms with Gasteiger partial charge in [-0.2, -0.15) is 8.78 Å². The molecule has 0 bridgehead atoms. The quantitative estimate of drug-likeness (QED) is 0.571. The molecule has 0 heterocycles. The van der Waals surface area contributed by atoms with Crippen molar-refractivity contribution in [1.29, 1.82) is 0 Å². The van der Waals surface area contributed by atoms with Crippen LogP contribution in [0.15, 0.2) is 18.2 Å². The van der Waals surface area contributed by atoms with Crippen molar-refractivity contribution < 1.29 is 22.7 Å². The standard InChI is InChI=1S/C14H18F3NO2/c1-10(19)11-5-4-6-12(13(11)15)14(16,17)9-20-8-7-18(2)3/h4-6H,7-9H2,1-3H3. The normalized spacial score (nSPS) is 11.9. The van der Waals surface area contributed by atoms with Crippen LogP contribution >= 0.6 is 0 Å². The number of hydrogen-bond donors (Lipinski definition) is 0. The number of alkyl halides is 2. The maximum absolute atomic E-state index is 13.9. The molecular formula is C14H18F3NO2. The van der Waals surface area contributed by atoms with Gasteiger partial charge in [-0.3, -0.25) is 4.79 Å². The molecule has 0 fully saturated rings. The summed E-state index contributed by atoms with van der Waals surface area (Å²) in [7, 11) is 3.58. The Morgan fingerprint density at radius 1 is 1.35 bits per heavy atom. The lowest BCUT2D eigenvalue weighted by Crippen LogP contribution is -2.26. The molecule has 0 aliphatic carbocycles. The predicted molar refractivity (Wildman–Crippen MR) is 69.7 cm³/mol. The largest absolute Gasteiger partial charge is 0.373 e. The lowest BCUT2D eigenvalue weighted by Gasteiger charge is -2.19. The van der Waals surface area contributed by atoms with Gasteiger partial charge < -0.3 is 9.64 Å². The Kier molecular flexibility index (Phi) is 5.71. The van der Waals surface area contributed by atoms with Crippen molar-refractivity contribution in [2.24, 2.45) is 0 Å². The van der Waals surface area contributed by atoms with Gasteiger partial charge >= 0.3 is 0 Å². The van der Waals surface area contributed by atoms with Crippen molar-refractivity contribution in [3.8, 4) is 0 Å². The molecule has 3 nitrogen and oxygen atoms in total. The molecule has 0 N–H and O–H groups in total. The summed E-state index contributed by atoms with van der Waals surface area (Å²) in [4.78, 5) is 12.9. The van der Waals surface area contributed by atoms with Gasteiger partial charge in [-0.15, -0.1) is 0 Å². The summed E-state index contributed by atoms with van der Waals surface area (Å²) in [6.07, 6.45) is 0. The van der Waals surface area contributed by atoms with Gasteiger partial charge in [0.2, 0.25) is 0 Å². The minimum absolute atomic E-state index is 0.122. The highest BCUT2D eigenvalue weighted by molar-refractivity contribution is 5.94. The predicted octanol–water partition coefficient (Wildman–Crippen LogP) is 2.70. The Balaban J connectivity index is 2.81. The Morgan fingerprint density at radius 2 is 2.00 bits per heavy atom. The Morgan fingerprint density at radius 3 is 2.55 bits per heavy atom. The maximum atomic E-state index is 13.9. The van der Waals surface area contributed by atoms with Crippen molar-refractivity contribution in [1.82, 2.24) is 4.90 Å². The minimum Gasteiger partial charge on any atom is -0.373 e. The molecule has 0 amide bonds. The number of halogens is 3. The van der Waals surface area contributed by atoms with Gasteiger partial charge in [0, 0.05) is 6.54 Å². The number of carbonyl (C=O) groups is 1. The van der Waals surface area contributed by atoms with E-state index in [0.29, 0.717) is 6.54 Å². The van der Waals surface area contributed by atoms with E-state index in [2.05, 4.69) is 0 Å². The Hall–Kier alpha value is -1.40. The van der Waals surface area contributed by atoms with E-state index < -0.39 is 29.7 Å². The van der Waals surface area contributed by atoms with Crippen LogP contribution in [0.4, 0.5) is 13.2 Å². The van der Waals surface area contributed by atoms with Crippen LogP contribution in [0.25, 0.3) is 0 Å². The minimum atomic E-state index is -3.47. The lowest BCUT2D eigenvalue weighted by molar-refractivity contribution is -0.0861. The number of benzene rings is 1. The van der Waals surface area contributed by atoms with Crippen molar-refractivity contribution in [2.45, 2.75) is 12.8 Å². The van der Waals surface area contributed by atoms with E-state index in [-0.39, 0.29) is 12.2 Å². The van der Waals surface area contributed by atoms with Crippen LogP contribution < -0.4 is 0 Å². The zero-order chi connectivity index (χ0) is 15.3. The second kappa shape index (κ2) is 6.85. The molecule has 112 valence electrons. The number of likely N-dealkylation sites (N-methyl/N-ethyl adjacent to an activating group) is 1. The number of ether oxygens (including phenoxy) is 1. The molecule has 0 aromatic heterocycles. The Labute approximate surface area is 116 Å². The number of rotatable bonds is 7. The second-order valence-corrected chi connectivity index (χ2v) is 4.78. The topological polar surface area (TPSA) is 29.5 Å². The van der Waals surface area contributed by atoms with Crippen LogP contribution in [0.5, 0.6) is 0 Å². The molecule has 6 heteroatoms. The molecular weight excluding hydrogens is 271 g/mol. The van der Waals surface area contributed by atoms with Gasteiger partial charge in [0.05, 0.1) is 17.7 Å². The zero-order valence-electron chi connectivity index (χ0n) is 11.8. The lowest BCUT2D eigenvalue weighted by atomic mass is 10.0. The third kappa shape index (κ3) is 4.31. The molecule has 0 aliphatic heterocycles. The third-order valence-electron chi connectivity index (χ3n) is 2.74. The van der Waals surface area contributed by atoms with Crippen molar-refractivity contribution in [2.75, 3.05) is 33.9 Å². The first kappa shape index (κ1) is 16.7. The molecule has 1 rings (SSSR count). The number of nitrogens with zero attached hydrogens (tertiary/aromatic N) is 1. The first-order valence-corrected chi connectivity index (χ1v) is 6.16. The summed E-state index contributed by atoms with van der Waals surface area (Å²) in [5, 5.41) is 0. The molecule has 0 spiro atoms. The summed E-state index contributed by atoms with van der Waals surface area (Å²) in [6.45, 7) is 0.829. The first-order chi connectivity index (χ1) is 9.25. The number of Topliss-reactive ketones (excluding diaryl/α,β-unsaturated/α-hetero) is 1. The second-order valence-electron chi connectivity index (χ2n) is 4.78. The summed E-state index contributed by atoms with van der Waals surface area (Å²) in [5.74, 6) is -5.24. The fraction of sp³-hybridized carbons (Fsp3) is 0.500. The van der Waals surface area contributed by atoms with E-state index in [1.807, 2.05) is 0 Å². The molecule has 1 aromatic carbocycles. The summed E-state index contributed by atoms with van der Waals surface area (Å²) in [5.41, 5.74) is -1.15. The molecule has 0 aliphatic rings. The van der Waals surface area contributed by atoms with E-state index in [9.17, 15) is 18.0 Å². The van der Waals surface area contributed by atoms with Crippen LogP contribution in [-0.2, 0) is 10.7 Å². The number of ketones is 1. The van der Waals surface area contributed by atoms with E-state index in [4.69, 9.17) is 4.74 Å². The molecule has 0 atom stereocenters. The van der Waals surface area contributed by atoms with E-state index in [1.165, 1.54) is 12.1 Å². The summed E-state index contributed by atoms with van der Waals surface area (Å²) in [6, 6.07) is 3.39.